The summed E-state index contributed by atoms with van der Waals surface area (Å²) >= 11 is 0. The summed E-state index contributed by atoms with van der Waals surface area (Å²) < 4.78 is 58.1. The number of carbonyl (C=O) groups excluding carboxylic acids is 3. The van der Waals surface area contributed by atoms with Crippen molar-refractivity contribution in [3.05, 3.63) is 65.2 Å². The van der Waals surface area contributed by atoms with Gasteiger partial charge >= 0.3 is 15.0 Å². The van der Waals surface area contributed by atoms with Gasteiger partial charge < -0.3 is 20.3 Å². The lowest BCUT2D eigenvalue weighted by Gasteiger charge is -2.23. The van der Waals surface area contributed by atoms with Crippen LogP contribution in [-0.4, -0.2) is 55.4 Å². The Labute approximate surface area is 231 Å². The molecule has 11 nitrogen and oxygen atoms in total. The van der Waals surface area contributed by atoms with Gasteiger partial charge in [0, 0.05) is 29.6 Å². The van der Waals surface area contributed by atoms with Crippen LogP contribution in [0, 0.1) is 18.0 Å². The number of rotatable bonds is 8. The molecule has 0 aliphatic carbocycles. The molecule has 0 bridgehead atoms. The highest BCUT2D eigenvalue weighted by Gasteiger charge is 2.37. The minimum absolute atomic E-state index is 0.00223. The van der Waals surface area contributed by atoms with Crippen molar-refractivity contribution in [2.75, 3.05) is 13.0 Å². The van der Waals surface area contributed by atoms with Crippen molar-refractivity contribution >= 4 is 38.6 Å². The second-order valence-corrected chi connectivity index (χ2v) is 11.5. The number of nitrogens with zero attached hydrogens (tertiary/aromatic N) is 2. The molecule has 1 aliphatic rings. The maximum Gasteiger partial charge on any atom is 0.323 e. The number of sulfonamides is 1. The normalized spacial score (nSPS) is 21.9. The van der Waals surface area contributed by atoms with Crippen LogP contribution in [0.4, 0.5) is 0 Å². The molecule has 3 heterocycles. The van der Waals surface area contributed by atoms with E-state index in [1.807, 2.05) is 0 Å². The lowest BCUT2D eigenvalue weighted by atomic mass is 10.0. The first-order chi connectivity index (χ1) is 19.6. The van der Waals surface area contributed by atoms with E-state index in [1.165, 1.54) is 12.1 Å². The molecule has 1 aliphatic heterocycles. The van der Waals surface area contributed by atoms with E-state index in [0.29, 0.717) is 11.1 Å². The summed E-state index contributed by atoms with van der Waals surface area (Å²) in [5.74, 6) is -3.24. The SMILES string of the molecule is [2H]C1(NC(=O)[C@H](CC(C)C)NC(=O)c2oc3ccccc3c2C)CCCN(S(=O)(=O)c2cccc[n+]2[O-])C([2H])([2H])C1=O. The van der Waals surface area contributed by atoms with Crippen LogP contribution in [0.25, 0.3) is 11.0 Å². The molecule has 1 fully saturated rings. The number of pyridine rings is 1. The number of ketones is 1. The number of Topliss-reactive ketones (excluding diaryl/α,β-unsaturated/α-hetero) is 1. The summed E-state index contributed by atoms with van der Waals surface area (Å²) in [6.45, 7) is 1.50. The number of nitrogens with one attached hydrogen (secondary N) is 2. The standard InChI is InChI=1S/C27H32N4O7S/c1-17(2)15-21(29-27(34)25-18(3)19-9-4-5-11-23(19)38-25)26(33)28-20-10-8-13-30(16-22(20)32)39(36,37)24-12-6-7-14-31(24)35/h4-7,9,11-12,14,17,20-21H,8,10,13,15-16H2,1-3H3,(H,28,33)(H,29,34)/t20?,21-/m0/s1/i16D2,20D. The summed E-state index contributed by atoms with van der Waals surface area (Å²) in [4.78, 5) is 40.1. The van der Waals surface area contributed by atoms with E-state index >= 15 is 0 Å². The quantitative estimate of drug-likeness (QED) is 0.316. The lowest BCUT2D eigenvalue weighted by molar-refractivity contribution is -0.646. The lowest BCUT2D eigenvalue weighted by Crippen LogP contribution is -2.53. The number of aryl methyl sites for hydroxylation is 1. The van der Waals surface area contributed by atoms with E-state index in [2.05, 4.69) is 10.6 Å². The molecule has 0 spiro atoms. The molecule has 39 heavy (non-hydrogen) atoms. The Kier molecular flexibility index (Phi) is 7.19. The number of para-hydroxylation sites is 1. The van der Waals surface area contributed by atoms with Crippen LogP contribution in [-0.2, 0) is 19.6 Å². The molecular formula is C27H32N4O7S. The first-order valence-electron chi connectivity index (χ1n) is 14.0. The highest BCUT2D eigenvalue weighted by atomic mass is 32.2. The fourth-order valence-electron chi connectivity index (χ4n) is 4.33. The van der Waals surface area contributed by atoms with Crippen LogP contribution in [0.3, 0.4) is 0 Å². The molecule has 2 aromatic heterocycles. The fraction of sp³-hybridized carbons (Fsp3) is 0.407. The zero-order valence-electron chi connectivity index (χ0n) is 24.8. The Morgan fingerprint density at radius 2 is 1.97 bits per heavy atom. The second kappa shape index (κ2) is 11.5. The molecule has 2 atom stereocenters. The van der Waals surface area contributed by atoms with Gasteiger partial charge in [-0.3, -0.25) is 14.4 Å². The van der Waals surface area contributed by atoms with Crippen LogP contribution >= 0.6 is 0 Å². The van der Waals surface area contributed by atoms with Crippen molar-refractivity contribution in [3.8, 4) is 0 Å². The van der Waals surface area contributed by atoms with Crippen LogP contribution in [0.5, 0.6) is 0 Å². The highest BCUT2D eigenvalue weighted by Crippen LogP contribution is 2.25. The summed E-state index contributed by atoms with van der Waals surface area (Å²) in [6, 6.07) is 6.79. The van der Waals surface area contributed by atoms with E-state index in [9.17, 15) is 28.0 Å². The third kappa shape index (κ3) is 6.12. The van der Waals surface area contributed by atoms with Gasteiger partial charge in [0.15, 0.2) is 17.7 Å². The number of furan rings is 1. The number of amides is 2. The van der Waals surface area contributed by atoms with Gasteiger partial charge in [-0.1, -0.05) is 32.0 Å². The van der Waals surface area contributed by atoms with E-state index in [-0.39, 0.29) is 33.6 Å². The van der Waals surface area contributed by atoms with Crippen molar-refractivity contribution in [3.63, 3.8) is 0 Å². The average molecular weight is 560 g/mol. The van der Waals surface area contributed by atoms with Crippen LogP contribution < -0.4 is 15.4 Å². The molecule has 3 aromatic rings. The third-order valence-corrected chi connectivity index (χ3v) is 7.98. The molecule has 2 amide bonds. The molecule has 0 saturated carbocycles. The average Bonchev–Trinajstić information content (AvgIpc) is 3.22. The second-order valence-electron chi connectivity index (χ2n) is 9.66. The predicted molar refractivity (Wildman–Crippen MR) is 142 cm³/mol. The fourth-order valence-corrected chi connectivity index (χ4v) is 5.66. The Hall–Kier alpha value is -3.77. The van der Waals surface area contributed by atoms with Gasteiger partial charge in [0.05, 0.1) is 16.6 Å². The van der Waals surface area contributed by atoms with Crippen LogP contribution in [0.1, 0.15) is 53.3 Å². The van der Waals surface area contributed by atoms with Gasteiger partial charge in [0.1, 0.15) is 11.6 Å². The first kappa shape index (κ1) is 24.3. The monoisotopic (exact) mass is 559 g/mol. The smallest absolute Gasteiger partial charge is 0.323 e. The number of hydrogen-bond acceptors (Lipinski definition) is 7. The maximum atomic E-state index is 13.5. The van der Waals surface area contributed by atoms with Gasteiger partial charge in [-0.25, -0.2) is 8.42 Å². The highest BCUT2D eigenvalue weighted by molar-refractivity contribution is 7.89. The van der Waals surface area contributed by atoms with Gasteiger partial charge in [0.25, 0.3) is 5.91 Å². The van der Waals surface area contributed by atoms with Crippen LogP contribution in [0.2, 0.25) is 0 Å². The van der Waals surface area contributed by atoms with Crippen molar-refractivity contribution < 1.29 is 36.1 Å². The summed E-state index contributed by atoms with van der Waals surface area (Å²) in [5.41, 5.74) is 1.05. The molecule has 1 unspecified atom stereocenters. The molecule has 4 rings (SSSR count). The van der Waals surface area contributed by atoms with Crippen molar-refractivity contribution in [1.82, 2.24) is 14.9 Å². The topological polar surface area (TPSA) is 153 Å². The molecular weight excluding hydrogens is 524 g/mol. The molecule has 0 radical (unpaired) electrons. The number of fused-ring (bicyclic) bond motifs is 1. The van der Waals surface area contributed by atoms with E-state index in [1.54, 1.807) is 45.0 Å². The Balaban J connectivity index is 1.59. The Bertz CT molecular complexity index is 1640. The number of benzene rings is 1. The van der Waals surface area contributed by atoms with Gasteiger partial charge in [0.2, 0.25) is 5.91 Å². The van der Waals surface area contributed by atoms with Gasteiger partial charge in [-0.15, -0.1) is 0 Å². The Morgan fingerprint density at radius 1 is 1.26 bits per heavy atom. The number of hydrogen-bond donors (Lipinski definition) is 2. The van der Waals surface area contributed by atoms with Gasteiger partial charge in [-0.2, -0.15) is 9.04 Å². The van der Waals surface area contributed by atoms with Gasteiger partial charge in [-0.05, 0) is 44.2 Å². The molecule has 2 N–H and O–H groups in total. The first-order valence-corrected chi connectivity index (χ1v) is 13.9. The summed E-state index contributed by atoms with van der Waals surface area (Å²) in [6.07, 6.45) is 0.443. The molecule has 12 heteroatoms. The minimum atomic E-state index is -4.80. The third-order valence-electron chi connectivity index (χ3n) is 6.28. The largest absolute Gasteiger partial charge is 0.618 e. The summed E-state index contributed by atoms with van der Waals surface area (Å²) in [5, 5.41) is 17.0. The maximum absolute atomic E-state index is 13.5. The summed E-state index contributed by atoms with van der Waals surface area (Å²) in [7, 11) is -4.80. The van der Waals surface area contributed by atoms with E-state index in [0.717, 1.165) is 17.6 Å². The van der Waals surface area contributed by atoms with Crippen molar-refractivity contribution in [1.29, 1.82) is 0 Å². The van der Waals surface area contributed by atoms with Crippen molar-refractivity contribution in [2.45, 2.75) is 57.1 Å². The number of aromatic nitrogens is 1. The molecule has 208 valence electrons. The van der Waals surface area contributed by atoms with E-state index < -0.39 is 64.2 Å². The zero-order chi connectivity index (χ0) is 31.0. The number of carbonyl (C=O) groups is 3. The predicted octanol–water partition coefficient (Wildman–Crippen LogP) is 2.06. The Morgan fingerprint density at radius 3 is 2.67 bits per heavy atom. The molecule has 1 aromatic carbocycles. The molecule has 1 saturated heterocycles. The van der Waals surface area contributed by atoms with E-state index in [4.69, 9.17) is 8.53 Å². The van der Waals surface area contributed by atoms with Crippen LogP contribution in [0.15, 0.2) is 58.1 Å². The minimum Gasteiger partial charge on any atom is -0.618 e. The van der Waals surface area contributed by atoms with Crippen molar-refractivity contribution in [2.24, 2.45) is 5.92 Å². The zero-order valence-corrected chi connectivity index (χ0v) is 22.6.